The first-order chi connectivity index (χ1) is 15.6. The van der Waals surface area contributed by atoms with Gasteiger partial charge in [0, 0.05) is 26.3 Å². The van der Waals surface area contributed by atoms with E-state index < -0.39 is 0 Å². The molecule has 0 spiro atoms. The van der Waals surface area contributed by atoms with Crippen molar-refractivity contribution in [2.45, 2.75) is 26.3 Å². The quantitative estimate of drug-likeness (QED) is 0.330. The lowest BCUT2D eigenvalue weighted by atomic mass is 9.93. The fourth-order valence-corrected chi connectivity index (χ4v) is 4.08. The van der Waals surface area contributed by atoms with Gasteiger partial charge in [-0.15, -0.1) is 0 Å². The zero-order chi connectivity index (χ0) is 22.5. The van der Waals surface area contributed by atoms with Crippen molar-refractivity contribution in [3.63, 3.8) is 0 Å². The summed E-state index contributed by atoms with van der Waals surface area (Å²) in [5.74, 6) is 0. The van der Waals surface area contributed by atoms with E-state index in [2.05, 4.69) is 54.3 Å². The molecule has 0 unspecified atom stereocenters. The van der Waals surface area contributed by atoms with Crippen molar-refractivity contribution in [3.05, 3.63) is 101 Å². The van der Waals surface area contributed by atoms with Gasteiger partial charge in [0.15, 0.2) is 0 Å². The fraction of sp³-hybridized carbons (Fsp3) is 0.207. The molecule has 0 amide bonds. The summed E-state index contributed by atoms with van der Waals surface area (Å²) < 4.78 is 1.96. The molecule has 0 saturated carbocycles. The van der Waals surface area contributed by atoms with Crippen molar-refractivity contribution >= 4 is 5.69 Å². The number of rotatable bonds is 7. The Labute approximate surface area is 190 Å². The van der Waals surface area contributed by atoms with E-state index in [9.17, 15) is 4.79 Å². The van der Waals surface area contributed by atoms with Gasteiger partial charge >= 0.3 is 0 Å². The number of hydrogen-bond acceptors (Lipinski definition) is 2. The third-order valence-corrected chi connectivity index (χ3v) is 5.86. The molecule has 0 radical (unpaired) electrons. The molecular formula is C29H30N2O. The SMILES string of the molecule is CCCCn1c(-c2ccc(N(C)C)cc2)cc(-c2ccccc2)c(-c2ccccc2)c1=O. The summed E-state index contributed by atoms with van der Waals surface area (Å²) >= 11 is 0. The highest BCUT2D eigenvalue weighted by molar-refractivity contribution is 5.85. The van der Waals surface area contributed by atoms with Crippen molar-refractivity contribution in [1.29, 1.82) is 0 Å². The molecule has 0 atom stereocenters. The Bertz CT molecular complexity index is 1220. The molecule has 0 saturated heterocycles. The van der Waals surface area contributed by atoms with Gasteiger partial charge in [-0.1, -0.05) is 86.1 Å². The zero-order valence-corrected chi connectivity index (χ0v) is 19.1. The zero-order valence-electron chi connectivity index (χ0n) is 19.1. The van der Waals surface area contributed by atoms with Crippen LogP contribution in [0.2, 0.25) is 0 Å². The normalized spacial score (nSPS) is 10.8. The van der Waals surface area contributed by atoms with Crippen molar-refractivity contribution in [2.24, 2.45) is 0 Å². The maximum atomic E-state index is 14.0. The Balaban J connectivity index is 2.01. The molecule has 0 aliphatic rings. The molecule has 4 aromatic rings. The number of nitrogens with zero attached hydrogens (tertiary/aromatic N) is 2. The topological polar surface area (TPSA) is 25.2 Å². The largest absolute Gasteiger partial charge is 0.378 e. The van der Waals surface area contributed by atoms with Gasteiger partial charge in [0.25, 0.3) is 5.56 Å². The lowest BCUT2D eigenvalue weighted by molar-refractivity contribution is 0.620. The minimum absolute atomic E-state index is 0.0673. The van der Waals surface area contributed by atoms with E-state index in [-0.39, 0.29) is 5.56 Å². The van der Waals surface area contributed by atoms with E-state index in [0.29, 0.717) is 6.54 Å². The molecule has 3 heteroatoms. The van der Waals surface area contributed by atoms with Gasteiger partial charge in [-0.05, 0) is 46.9 Å². The highest BCUT2D eigenvalue weighted by Crippen LogP contribution is 2.33. The molecule has 0 fully saturated rings. The van der Waals surface area contributed by atoms with Gasteiger partial charge in [-0.25, -0.2) is 0 Å². The van der Waals surface area contributed by atoms with Gasteiger partial charge in [0.1, 0.15) is 0 Å². The minimum atomic E-state index is 0.0673. The number of unbranched alkanes of at least 4 members (excludes halogenated alkanes) is 1. The average Bonchev–Trinajstić information content (AvgIpc) is 2.84. The van der Waals surface area contributed by atoms with Crippen LogP contribution in [0.25, 0.3) is 33.5 Å². The third kappa shape index (κ3) is 4.38. The second kappa shape index (κ2) is 9.69. The Morgan fingerprint density at radius 3 is 1.91 bits per heavy atom. The van der Waals surface area contributed by atoms with Crippen LogP contribution in [0.4, 0.5) is 5.69 Å². The predicted octanol–water partition coefficient (Wildman–Crippen LogP) is 6.72. The molecule has 0 N–H and O–H groups in total. The van der Waals surface area contributed by atoms with Gasteiger partial charge in [-0.3, -0.25) is 4.79 Å². The molecule has 1 heterocycles. The van der Waals surface area contributed by atoms with Gasteiger partial charge in [0.2, 0.25) is 0 Å². The van der Waals surface area contributed by atoms with E-state index in [1.807, 2.05) is 67.2 Å². The average molecular weight is 423 g/mol. The van der Waals surface area contributed by atoms with Crippen molar-refractivity contribution < 1.29 is 0 Å². The summed E-state index contributed by atoms with van der Waals surface area (Å²) in [5, 5.41) is 0. The Morgan fingerprint density at radius 1 is 0.750 bits per heavy atom. The lowest BCUT2D eigenvalue weighted by Crippen LogP contribution is -2.24. The smallest absolute Gasteiger partial charge is 0.259 e. The monoisotopic (exact) mass is 422 g/mol. The van der Waals surface area contributed by atoms with E-state index in [1.165, 1.54) is 0 Å². The van der Waals surface area contributed by atoms with Crippen molar-refractivity contribution in [1.82, 2.24) is 4.57 Å². The van der Waals surface area contributed by atoms with E-state index in [0.717, 1.165) is 52.0 Å². The van der Waals surface area contributed by atoms with E-state index in [1.54, 1.807) is 0 Å². The number of anilines is 1. The Hall–Kier alpha value is -3.59. The van der Waals surface area contributed by atoms with E-state index in [4.69, 9.17) is 0 Å². The summed E-state index contributed by atoms with van der Waals surface area (Å²) in [5.41, 5.74) is 6.97. The highest BCUT2D eigenvalue weighted by Gasteiger charge is 2.18. The van der Waals surface area contributed by atoms with Crippen LogP contribution in [-0.4, -0.2) is 18.7 Å². The van der Waals surface area contributed by atoms with Crippen LogP contribution in [0.1, 0.15) is 19.8 Å². The summed E-state index contributed by atoms with van der Waals surface area (Å²) in [6, 6.07) is 30.9. The minimum Gasteiger partial charge on any atom is -0.378 e. The molecule has 3 nitrogen and oxygen atoms in total. The molecule has 1 aromatic heterocycles. The summed E-state index contributed by atoms with van der Waals surface area (Å²) in [7, 11) is 4.07. The number of benzene rings is 3. The second-order valence-electron chi connectivity index (χ2n) is 8.30. The Morgan fingerprint density at radius 2 is 1.34 bits per heavy atom. The molecule has 3 aromatic carbocycles. The first-order valence-electron chi connectivity index (χ1n) is 11.3. The highest BCUT2D eigenvalue weighted by atomic mass is 16.1. The first-order valence-corrected chi connectivity index (χ1v) is 11.3. The van der Waals surface area contributed by atoms with Gasteiger partial charge in [0.05, 0.1) is 11.3 Å². The van der Waals surface area contributed by atoms with Crippen LogP contribution in [0.3, 0.4) is 0 Å². The number of aromatic nitrogens is 1. The fourth-order valence-electron chi connectivity index (χ4n) is 4.08. The van der Waals surface area contributed by atoms with Crippen LogP contribution in [-0.2, 0) is 6.54 Å². The second-order valence-corrected chi connectivity index (χ2v) is 8.30. The molecule has 32 heavy (non-hydrogen) atoms. The molecule has 0 aliphatic heterocycles. The summed E-state index contributed by atoms with van der Waals surface area (Å²) in [6.07, 6.45) is 1.99. The molecular weight excluding hydrogens is 392 g/mol. The van der Waals surface area contributed by atoms with Crippen molar-refractivity contribution in [2.75, 3.05) is 19.0 Å². The van der Waals surface area contributed by atoms with Gasteiger partial charge in [-0.2, -0.15) is 0 Å². The van der Waals surface area contributed by atoms with Crippen LogP contribution >= 0.6 is 0 Å². The summed E-state index contributed by atoms with van der Waals surface area (Å²) in [6.45, 7) is 2.86. The molecule has 4 rings (SSSR count). The predicted molar refractivity (Wildman–Crippen MR) is 136 cm³/mol. The van der Waals surface area contributed by atoms with Crippen LogP contribution in [0.15, 0.2) is 95.8 Å². The van der Waals surface area contributed by atoms with Gasteiger partial charge < -0.3 is 9.47 Å². The van der Waals surface area contributed by atoms with Crippen LogP contribution < -0.4 is 10.5 Å². The summed E-state index contributed by atoms with van der Waals surface area (Å²) in [4.78, 5) is 16.1. The lowest BCUT2D eigenvalue weighted by Gasteiger charge is -2.20. The first kappa shape index (κ1) is 21.6. The van der Waals surface area contributed by atoms with E-state index >= 15 is 0 Å². The maximum Gasteiger partial charge on any atom is 0.259 e. The van der Waals surface area contributed by atoms with Crippen LogP contribution in [0, 0.1) is 0 Å². The molecule has 0 bridgehead atoms. The maximum absolute atomic E-state index is 14.0. The Kier molecular flexibility index (Phi) is 6.55. The van der Waals surface area contributed by atoms with Crippen molar-refractivity contribution in [3.8, 4) is 33.5 Å². The standard InChI is InChI=1S/C29H30N2O/c1-4-5-20-31-27(23-16-18-25(19-17-23)30(2)3)21-26(22-12-8-6-9-13-22)28(29(31)32)24-14-10-7-11-15-24/h6-19,21H,4-5,20H2,1-3H3. The molecule has 0 aliphatic carbocycles. The number of hydrogen-bond donors (Lipinski definition) is 0. The van der Waals surface area contributed by atoms with Crippen LogP contribution in [0.5, 0.6) is 0 Å². The molecule has 162 valence electrons. The third-order valence-electron chi connectivity index (χ3n) is 5.86. The number of pyridine rings is 1.